The molecule has 0 aromatic heterocycles. The van der Waals surface area contributed by atoms with Crippen LogP contribution in [0.2, 0.25) is 0 Å². The first kappa shape index (κ1) is 14.8. The lowest BCUT2D eigenvalue weighted by atomic mass is 10.1. The Morgan fingerprint density at radius 2 is 2.28 bits per heavy atom. The maximum Gasteiger partial charge on any atom is 0.410 e. The molecule has 5 heteroatoms. The third kappa shape index (κ3) is 5.37. The molecule has 1 N–H and O–H groups in total. The molecule has 1 atom stereocenters. The first-order valence-electron chi connectivity index (χ1n) is 6.48. The molecular weight excluding hydrogens is 230 g/mol. The number of nitrogens with one attached hydrogen (secondary N) is 1. The molecule has 0 saturated carbocycles. The van der Waals surface area contributed by atoms with Crippen molar-refractivity contribution in [2.24, 2.45) is 5.92 Å². The van der Waals surface area contributed by atoms with E-state index in [9.17, 15) is 4.79 Å². The molecule has 1 unspecified atom stereocenters. The van der Waals surface area contributed by atoms with Crippen molar-refractivity contribution in [2.45, 2.75) is 39.2 Å². The maximum atomic E-state index is 12.0. The van der Waals surface area contributed by atoms with Gasteiger partial charge in [0.2, 0.25) is 0 Å². The Morgan fingerprint density at radius 1 is 1.56 bits per heavy atom. The molecule has 0 aliphatic carbocycles. The normalized spacial score (nSPS) is 19.3. The van der Waals surface area contributed by atoms with Crippen LogP contribution in [0.4, 0.5) is 4.79 Å². The summed E-state index contributed by atoms with van der Waals surface area (Å²) in [6, 6.07) is 2.08. The fourth-order valence-corrected chi connectivity index (χ4v) is 1.95. The minimum Gasteiger partial charge on any atom is -0.444 e. The van der Waals surface area contributed by atoms with Crippen LogP contribution in [-0.2, 0) is 4.74 Å². The van der Waals surface area contributed by atoms with Crippen molar-refractivity contribution in [3.8, 4) is 6.07 Å². The highest BCUT2D eigenvalue weighted by atomic mass is 16.6. The van der Waals surface area contributed by atoms with Gasteiger partial charge >= 0.3 is 6.09 Å². The van der Waals surface area contributed by atoms with Crippen LogP contribution < -0.4 is 5.32 Å². The van der Waals surface area contributed by atoms with Crippen molar-refractivity contribution in [3.05, 3.63) is 0 Å². The third-order valence-corrected chi connectivity index (χ3v) is 2.79. The number of nitrogens with zero attached hydrogens (tertiary/aromatic N) is 2. The molecule has 0 bridgehead atoms. The van der Waals surface area contributed by atoms with Gasteiger partial charge in [0.25, 0.3) is 0 Å². The van der Waals surface area contributed by atoms with Crippen molar-refractivity contribution in [1.82, 2.24) is 10.2 Å². The van der Waals surface area contributed by atoms with Crippen LogP contribution in [0.3, 0.4) is 0 Å². The van der Waals surface area contributed by atoms with Crippen molar-refractivity contribution < 1.29 is 9.53 Å². The number of amides is 1. The van der Waals surface area contributed by atoms with Crippen LogP contribution in [0.15, 0.2) is 0 Å². The zero-order valence-electron chi connectivity index (χ0n) is 11.5. The Labute approximate surface area is 109 Å². The van der Waals surface area contributed by atoms with E-state index in [0.717, 1.165) is 19.5 Å². The summed E-state index contributed by atoms with van der Waals surface area (Å²) in [5.41, 5.74) is -0.490. The van der Waals surface area contributed by atoms with Crippen LogP contribution in [0.5, 0.6) is 0 Å². The van der Waals surface area contributed by atoms with E-state index in [2.05, 4.69) is 11.4 Å². The monoisotopic (exact) mass is 253 g/mol. The number of ether oxygens (including phenoxy) is 1. The van der Waals surface area contributed by atoms with Crippen molar-refractivity contribution in [2.75, 3.05) is 26.2 Å². The fourth-order valence-electron chi connectivity index (χ4n) is 1.95. The highest BCUT2D eigenvalue weighted by molar-refractivity contribution is 5.68. The number of hydrogen-bond donors (Lipinski definition) is 1. The van der Waals surface area contributed by atoms with E-state index >= 15 is 0 Å². The number of rotatable bonds is 4. The molecule has 0 aromatic rings. The quantitative estimate of drug-likeness (QED) is 0.829. The molecule has 1 aliphatic rings. The van der Waals surface area contributed by atoms with Gasteiger partial charge in [0.1, 0.15) is 5.60 Å². The van der Waals surface area contributed by atoms with Gasteiger partial charge in [-0.2, -0.15) is 5.26 Å². The molecule has 102 valence electrons. The fraction of sp³-hybridized carbons (Fsp3) is 0.846. The lowest BCUT2D eigenvalue weighted by Crippen LogP contribution is -2.40. The average Bonchev–Trinajstić information content (AvgIpc) is 2.74. The molecule has 1 heterocycles. The SMILES string of the molecule is CC(C)(C)OC(=O)N(CCC#N)CC1CCNC1. The van der Waals surface area contributed by atoms with Gasteiger partial charge in [0.05, 0.1) is 12.5 Å². The smallest absolute Gasteiger partial charge is 0.410 e. The standard InChI is InChI=1S/C13H23N3O2/c1-13(2,3)18-12(17)16(8-4-6-14)10-11-5-7-15-9-11/h11,15H,4-5,7-10H2,1-3H3. The van der Waals surface area contributed by atoms with Gasteiger partial charge in [0.15, 0.2) is 0 Å². The molecule has 0 spiro atoms. The Balaban J connectivity index is 2.53. The second kappa shape index (κ2) is 6.60. The largest absolute Gasteiger partial charge is 0.444 e. The molecule has 1 rings (SSSR count). The van der Waals surface area contributed by atoms with E-state index < -0.39 is 5.60 Å². The van der Waals surface area contributed by atoms with Crippen LogP contribution in [0.1, 0.15) is 33.6 Å². The lowest BCUT2D eigenvalue weighted by molar-refractivity contribution is 0.0229. The molecular formula is C13H23N3O2. The van der Waals surface area contributed by atoms with Gasteiger partial charge < -0.3 is 15.0 Å². The Hall–Kier alpha value is -1.28. The molecule has 0 radical (unpaired) electrons. The highest BCUT2D eigenvalue weighted by Gasteiger charge is 2.25. The number of nitriles is 1. The van der Waals surface area contributed by atoms with Gasteiger partial charge in [-0.3, -0.25) is 0 Å². The maximum absolute atomic E-state index is 12.0. The summed E-state index contributed by atoms with van der Waals surface area (Å²) in [7, 11) is 0. The first-order valence-corrected chi connectivity index (χ1v) is 6.48. The minimum absolute atomic E-state index is 0.315. The molecule has 0 aromatic carbocycles. The van der Waals surface area contributed by atoms with E-state index in [4.69, 9.17) is 10.00 Å². The summed E-state index contributed by atoms with van der Waals surface area (Å²) in [5.74, 6) is 0.469. The lowest BCUT2D eigenvalue weighted by Gasteiger charge is -2.28. The summed E-state index contributed by atoms with van der Waals surface area (Å²) >= 11 is 0. The zero-order chi connectivity index (χ0) is 13.6. The van der Waals surface area contributed by atoms with Gasteiger partial charge in [0, 0.05) is 13.1 Å². The molecule has 1 amide bonds. The number of carbonyl (C=O) groups excluding carboxylic acids is 1. The molecule has 18 heavy (non-hydrogen) atoms. The number of hydrogen-bond acceptors (Lipinski definition) is 4. The highest BCUT2D eigenvalue weighted by Crippen LogP contribution is 2.14. The van der Waals surface area contributed by atoms with Gasteiger partial charge in [-0.25, -0.2) is 4.79 Å². The first-order chi connectivity index (χ1) is 8.42. The average molecular weight is 253 g/mol. The summed E-state index contributed by atoms with van der Waals surface area (Å²) in [5, 5.41) is 11.9. The predicted molar refractivity (Wildman–Crippen MR) is 69.0 cm³/mol. The third-order valence-electron chi connectivity index (χ3n) is 2.79. The minimum atomic E-state index is -0.490. The van der Waals surface area contributed by atoms with Crippen molar-refractivity contribution >= 4 is 6.09 Å². The Morgan fingerprint density at radius 3 is 2.78 bits per heavy atom. The topological polar surface area (TPSA) is 65.4 Å². The van der Waals surface area contributed by atoms with E-state index in [1.165, 1.54) is 0 Å². The van der Waals surface area contributed by atoms with Crippen LogP contribution >= 0.6 is 0 Å². The van der Waals surface area contributed by atoms with Crippen molar-refractivity contribution in [1.29, 1.82) is 5.26 Å². The molecule has 5 nitrogen and oxygen atoms in total. The molecule has 1 aliphatic heterocycles. The zero-order valence-corrected chi connectivity index (χ0v) is 11.5. The second-order valence-electron chi connectivity index (χ2n) is 5.69. The summed E-state index contributed by atoms with van der Waals surface area (Å²) < 4.78 is 5.36. The van der Waals surface area contributed by atoms with Crippen molar-refractivity contribution in [3.63, 3.8) is 0 Å². The van der Waals surface area contributed by atoms with Crippen LogP contribution in [0.25, 0.3) is 0 Å². The number of carbonyl (C=O) groups is 1. The van der Waals surface area contributed by atoms with E-state index in [-0.39, 0.29) is 6.09 Å². The van der Waals surface area contributed by atoms with Crippen LogP contribution in [-0.4, -0.2) is 42.8 Å². The summed E-state index contributed by atoms with van der Waals surface area (Å²) in [6.45, 7) is 8.61. The van der Waals surface area contributed by atoms with E-state index in [1.807, 2.05) is 20.8 Å². The Bertz CT molecular complexity index is 311. The predicted octanol–water partition coefficient (Wildman–Crippen LogP) is 1.75. The van der Waals surface area contributed by atoms with E-state index in [0.29, 0.717) is 25.4 Å². The summed E-state index contributed by atoms with van der Waals surface area (Å²) in [4.78, 5) is 13.7. The molecule has 1 fully saturated rings. The van der Waals surface area contributed by atoms with Gasteiger partial charge in [-0.15, -0.1) is 0 Å². The summed E-state index contributed by atoms with van der Waals surface area (Å²) in [6.07, 6.45) is 1.11. The second-order valence-corrected chi connectivity index (χ2v) is 5.69. The Kier molecular flexibility index (Phi) is 5.42. The van der Waals surface area contributed by atoms with E-state index in [1.54, 1.807) is 4.90 Å². The van der Waals surface area contributed by atoms with Crippen LogP contribution in [0, 0.1) is 17.2 Å². The molecule has 1 saturated heterocycles. The van der Waals surface area contributed by atoms with Gasteiger partial charge in [-0.05, 0) is 46.2 Å². The van der Waals surface area contributed by atoms with Gasteiger partial charge in [-0.1, -0.05) is 0 Å².